The number of halogens is 2. The lowest BCUT2D eigenvalue weighted by Gasteiger charge is -2.33. The molecule has 9 heteroatoms. The quantitative estimate of drug-likeness (QED) is 0.486. The van der Waals surface area contributed by atoms with E-state index in [9.17, 15) is 13.9 Å². The Morgan fingerprint density at radius 2 is 2.03 bits per heavy atom. The first-order chi connectivity index (χ1) is 14.9. The number of aliphatic hydroxyl groups is 1. The van der Waals surface area contributed by atoms with Crippen LogP contribution in [0.2, 0.25) is 0 Å². The molecule has 0 unspecified atom stereocenters. The molecule has 2 atom stereocenters. The minimum atomic E-state index is -1.76. The summed E-state index contributed by atoms with van der Waals surface area (Å²) >= 11 is 1.33. The maximum Gasteiger partial charge on any atom is 0.137 e. The second kappa shape index (κ2) is 8.34. The van der Waals surface area contributed by atoms with Crippen molar-refractivity contribution in [1.82, 2.24) is 19.7 Å². The van der Waals surface area contributed by atoms with Crippen LogP contribution in [-0.2, 0) is 12.1 Å². The summed E-state index contributed by atoms with van der Waals surface area (Å²) in [6.45, 7) is 1.64. The van der Waals surface area contributed by atoms with Crippen molar-refractivity contribution in [3.8, 4) is 17.3 Å². The highest BCUT2D eigenvalue weighted by Crippen LogP contribution is 2.41. The van der Waals surface area contributed by atoms with Crippen molar-refractivity contribution in [2.45, 2.75) is 25.0 Å². The van der Waals surface area contributed by atoms with E-state index in [-0.39, 0.29) is 12.1 Å². The van der Waals surface area contributed by atoms with Gasteiger partial charge in [-0.2, -0.15) is 10.4 Å². The van der Waals surface area contributed by atoms with E-state index in [4.69, 9.17) is 5.26 Å². The highest BCUT2D eigenvalue weighted by atomic mass is 32.1. The first-order valence-corrected chi connectivity index (χ1v) is 10.2. The fourth-order valence-corrected chi connectivity index (χ4v) is 4.37. The molecule has 2 aromatic heterocycles. The van der Waals surface area contributed by atoms with Gasteiger partial charge in [-0.3, -0.25) is 0 Å². The Morgan fingerprint density at radius 1 is 1.26 bits per heavy atom. The fourth-order valence-electron chi connectivity index (χ4n) is 3.40. The van der Waals surface area contributed by atoms with Gasteiger partial charge in [-0.05, 0) is 18.2 Å². The molecule has 31 heavy (non-hydrogen) atoms. The largest absolute Gasteiger partial charge is 0.382 e. The lowest BCUT2D eigenvalue weighted by molar-refractivity contribution is -0.0112. The Morgan fingerprint density at radius 3 is 2.68 bits per heavy atom. The van der Waals surface area contributed by atoms with Gasteiger partial charge in [-0.1, -0.05) is 25.1 Å². The average molecular weight is 439 g/mol. The number of rotatable bonds is 6. The van der Waals surface area contributed by atoms with Crippen molar-refractivity contribution < 1.29 is 13.9 Å². The SMILES string of the molecule is C[C@@H](c1n[14c](-c2ccc(C#N)cc2)cs1)[C@](O)(Cn1cncn1)c1ccc(F)cc1F. The predicted molar refractivity (Wildman–Crippen MR) is 111 cm³/mol. The van der Waals surface area contributed by atoms with Crippen LogP contribution < -0.4 is 0 Å². The Labute approximate surface area is 181 Å². The highest BCUT2D eigenvalue weighted by molar-refractivity contribution is 7.10. The maximum absolute atomic E-state index is 14.7. The molecule has 0 spiro atoms. The normalized spacial score (nSPS) is 14.0. The van der Waals surface area contributed by atoms with Gasteiger partial charge in [0.25, 0.3) is 0 Å². The molecule has 156 valence electrons. The van der Waals surface area contributed by atoms with Crippen LogP contribution in [0.3, 0.4) is 0 Å². The predicted octanol–water partition coefficient (Wildman–Crippen LogP) is 4.24. The summed E-state index contributed by atoms with van der Waals surface area (Å²) in [4.78, 5) is 8.52. The van der Waals surface area contributed by atoms with Gasteiger partial charge in [0.2, 0.25) is 0 Å². The molecule has 0 aliphatic rings. The first kappa shape index (κ1) is 20.8. The molecule has 0 amide bonds. The number of hydrogen-bond acceptors (Lipinski definition) is 6. The van der Waals surface area contributed by atoms with Crippen LogP contribution in [0.15, 0.2) is 60.5 Å². The first-order valence-electron chi connectivity index (χ1n) is 9.37. The number of nitrogens with zero attached hydrogens (tertiary/aromatic N) is 5. The zero-order valence-corrected chi connectivity index (χ0v) is 17.2. The average Bonchev–Trinajstić information content (AvgIpc) is 3.45. The summed E-state index contributed by atoms with van der Waals surface area (Å²) in [6.07, 6.45) is 2.74. The van der Waals surface area contributed by atoms with Gasteiger partial charge in [-0.25, -0.2) is 23.4 Å². The van der Waals surface area contributed by atoms with Crippen LogP contribution in [-0.4, -0.2) is 24.9 Å². The van der Waals surface area contributed by atoms with E-state index in [1.165, 1.54) is 34.7 Å². The smallest absolute Gasteiger partial charge is 0.137 e. The lowest BCUT2D eigenvalue weighted by Crippen LogP contribution is -2.38. The molecular weight excluding hydrogens is 422 g/mol. The van der Waals surface area contributed by atoms with Gasteiger partial charge in [-0.15, -0.1) is 11.3 Å². The van der Waals surface area contributed by atoms with Gasteiger partial charge < -0.3 is 5.11 Å². The molecule has 0 aliphatic heterocycles. The Balaban J connectivity index is 1.73. The van der Waals surface area contributed by atoms with Crippen LogP contribution in [0.25, 0.3) is 11.3 Å². The summed E-state index contributed by atoms with van der Waals surface area (Å²) in [5, 5.41) is 27.1. The van der Waals surface area contributed by atoms with Crippen LogP contribution in [0.1, 0.15) is 29.0 Å². The zero-order chi connectivity index (χ0) is 22.0. The second-order valence-corrected chi connectivity index (χ2v) is 8.01. The summed E-state index contributed by atoms with van der Waals surface area (Å²) < 4.78 is 29.6. The second-order valence-electron chi connectivity index (χ2n) is 7.12. The van der Waals surface area contributed by atoms with Gasteiger partial charge in [0.1, 0.15) is 29.9 Å². The summed E-state index contributed by atoms with van der Waals surface area (Å²) in [5.74, 6) is -2.22. The lowest BCUT2D eigenvalue weighted by atomic mass is 9.82. The van der Waals surface area contributed by atoms with Crippen molar-refractivity contribution in [2.75, 3.05) is 0 Å². The third kappa shape index (κ3) is 4.08. The Bertz CT molecular complexity index is 1230. The highest BCUT2D eigenvalue weighted by Gasteiger charge is 2.41. The molecule has 0 aliphatic carbocycles. The standard InChI is InChI=1S/C22H17F2N5OS/c1-14(21-28-20(10-31-21)16-4-2-15(9-25)3-5-16)22(30,11-29-13-26-12-27-29)18-7-6-17(23)8-19(18)24/h2-8,10,12-14,30H,11H2,1H3/t14-,22+/m0/s1/i20+2. The van der Waals surface area contributed by atoms with Crippen molar-refractivity contribution >= 4 is 11.3 Å². The molecule has 2 aromatic carbocycles. The third-order valence-corrected chi connectivity index (χ3v) is 6.21. The van der Waals surface area contributed by atoms with E-state index in [0.29, 0.717) is 16.3 Å². The van der Waals surface area contributed by atoms with E-state index in [1.54, 1.807) is 31.2 Å². The van der Waals surface area contributed by atoms with Crippen LogP contribution in [0.4, 0.5) is 8.78 Å². The number of aromatic nitrogens is 4. The van der Waals surface area contributed by atoms with Gasteiger partial charge in [0.05, 0.1) is 28.9 Å². The van der Waals surface area contributed by atoms with E-state index >= 15 is 0 Å². The van der Waals surface area contributed by atoms with Crippen molar-refractivity contribution in [3.05, 3.63) is 88.3 Å². The molecular formula is C22H17F2N5OS. The molecule has 0 saturated heterocycles. The summed E-state index contributed by atoms with van der Waals surface area (Å²) in [5.41, 5.74) is 0.236. The Kier molecular flexibility index (Phi) is 5.59. The topological polar surface area (TPSA) is 87.6 Å². The minimum Gasteiger partial charge on any atom is -0.382 e. The molecule has 6 nitrogen and oxygen atoms in total. The molecule has 2 heterocycles. The number of thiazole rings is 1. The van der Waals surface area contributed by atoms with E-state index < -0.39 is 23.2 Å². The van der Waals surface area contributed by atoms with Gasteiger partial charge in [0, 0.05) is 28.5 Å². The summed E-state index contributed by atoms with van der Waals surface area (Å²) in [7, 11) is 0. The number of nitriles is 1. The summed E-state index contributed by atoms with van der Waals surface area (Å²) in [6, 6.07) is 12.2. The minimum absolute atomic E-state index is 0.0491. The zero-order valence-electron chi connectivity index (χ0n) is 16.4. The molecule has 1 N–H and O–H groups in total. The molecule has 0 saturated carbocycles. The molecule has 0 fully saturated rings. The molecule has 4 aromatic rings. The van der Waals surface area contributed by atoms with E-state index in [0.717, 1.165) is 17.7 Å². The third-order valence-electron chi connectivity index (χ3n) is 5.19. The number of hydrogen-bond donors (Lipinski definition) is 1. The Hall–Kier alpha value is -3.48. The van der Waals surface area contributed by atoms with Crippen LogP contribution >= 0.6 is 11.3 Å². The van der Waals surface area contributed by atoms with E-state index in [2.05, 4.69) is 21.1 Å². The molecule has 0 radical (unpaired) electrons. The number of benzene rings is 2. The van der Waals surface area contributed by atoms with Crippen molar-refractivity contribution in [3.63, 3.8) is 0 Å². The van der Waals surface area contributed by atoms with Gasteiger partial charge >= 0.3 is 0 Å². The van der Waals surface area contributed by atoms with Crippen molar-refractivity contribution in [2.24, 2.45) is 0 Å². The van der Waals surface area contributed by atoms with Crippen LogP contribution in [0, 0.1) is 23.0 Å². The maximum atomic E-state index is 14.7. The molecule has 4 rings (SSSR count). The van der Waals surface area contributed by atoms with Crippen molar-refractivity contribution in [1.29, 1.82) is 5.26 Å². The van der Waals surface area contributed by atoms with Gasteiger partial charge in [0.15, 0.2) is 0 Å². The fraction of sp³-hybridized carbons (Fsp3) is 0.182. The van der Waals surface area contributed by atoms with Crippen LogP contribution in [0.5, 0.6) is 0 Å². The monoisotopic (exact) mass is 439 g/mol. The van der Waals surface area contributed by atoms with E-state index in [1.807, 2.05) is 5.38 Å². The molecule has 0 bridgehead atoms.